The maximum Gasteiger partial charge on any atom is 0.326 e. The first kappa shape index (κ1) is 15.9. The second kappa shape index (κ2) is 5.75. The summed E-state index contributed by atoms with van der Waals surface area (Å²) in [6.45, 7) is 3.97. The number of piperidine rings is 1. The third-order valence-electron chi connectivity index (χ3n) is 3.93. The van der Waals surface area contributed by atoms with Gasteiger partial charge in [-0.15, -0.1) is 0 Å². The van der Waals surface area contributed by atoms with Crippen LogP contribution in [0.2, 0.25) is 0 Å². The van der Waals surface area contributed by atoms with Gasteiger partial charge < -0.3 is 10.0 Å². The highest BCUT2D eigenvalue weighted by Gasteiger charge is 2.45. The van der Waals surface area contributed by atoms with E-state index in [0.29, 0.717) is 17.4 Å². The summed E-state index contributed by atoms with van der Waals surface area (Å²) in [6, 6.07) is 3.21. The van der Waals surface area contributed by atoms with Gasteiger partial charge in [0.1, 0.15) is 11.9 Å². The van der Waals surface area contributed by atoms with Gasteiger partial charge >= 0.3 is 5.97 Å². The number of hydrogen-bond donors (Lipinski definition) is 1. The summed E-state index contributed by atoms with van der Waals surface area (Å²) >= 11 is 3.14. The highest BCUT2D eigenvalue weighted by Crippen LogP contribution is 2.36. The van der Waals surface area contributed by atoms with Gasteiger partial charge in [-0.1, -0.05) is 29.8 Å². The van der Waals surface area contributed by atoms with Gasteiger partial charge in [0.15, 0.2) is 0 Å². The number of rotatable bonds is 2. The lowest BCUT2D eigenvalue weighted by Gasteiger charge is -2.44. The van der Waals surface area contributed by atoms with Crippen LogP contribution in [0.5, 0.6) is 0 Å². The summed E-state index contributed by atoms with van der Waals surface area (Å²) < 4.78 is 14.5. The molecule has 1 aromatic carbocycles. The van der Waals surface area contributed by atoms with Crippen molar-refractivity contribution >= 4 is 27.8 Å². The molecular weight excluding hydrogens is 341 g/mol. The number of carbonyl (C=O) groups excluding carboxylic acids is 1. The molecular formula is C15H17BrFNO3. The Kier molecular flexibility index (Phi) is 4.37. The summed E-state index contributed by atoms with van der Waals surface area (Å²) in [4.78, 5) is 25.4. The fourth-order valence-corrected chi connectivity index (χ4v) is 3.23. The third kappa shape index (κ3) is 3.10. The van der Waals surface area contributed by atoms with E-state index < -0.39 is 29.2 Å². The van der Waals surface area contributed by atoms with E-state index >= 15 is 0 Å². The molecule has 1 aromatic rings. The molecule has 1 fully saturated rings. The molecule has 1 unspecified atom stereocenters. The van der Waals surface area contributed by atoms with Crippen molar-refractivity contribution in [2.75, 3.05) is 6.54 Å². The third-order valence-corrected chi connectivity index (χ3v) is 4.42. The Morgan fingerprint density at radius 2 is 2.10 bits per heavy atom. The average molecular weight is 358 g/mol. The van der Waals surface area contributed by atoms with Crippen LogP contribution in [-0.2, 0) is 4.79 Å². The Morgan fingerprint density at radius 1 is 1.43 bits per heavy atom. The first-order valence-corrected chi connectivity index (χ1v) is 7.52. The van der Waals surface area contributed by atoms with Gasteiger partial charge in [0.25, 0.3) is 5.91 Å². The van der Waals surface area contributed by atoms with Gasteiger partial charge in [0.05, 0.1) is 5.56 Å². The average Bonchev–Trinajstić information content (AvgIpc) is 2.36. The van der Waals surface area contributed by atoms with Gasteiger partial charge in [-0.05, 0) is 36.5 Å². The lowest BCUT2D eigenvalue weighted by Crippen LogP contribution is -2.56. The van der Waals surface area contributed by atoms with Gasteiger partial charge in [-0.3, -0.25) is 4.79 Å². The van der Waals surface area contributed by atoms with Crippen LogP contribution in [0.15, 0.2) is 22.7 Å². The fraction of sp³-hybridized carbons (Fsp3) is 0.467. The predicted molar refractivity (Wildman–Crippen MR) is 79.6 cm³/mol. The molecule has 1 atom stereocenters. The molecule has 0 spiro atoms. The molecule has 114 valence electrons. The molecule has 4 nitrogen and oxygen atoms in total. The van der Waals surface area contributed by atoms with E-state index in [-0.39, 0.29) is 5.56 Å². The van der Waals surface area contributed by atoms with Crippen molar-refractivity contribution in [1.29, 1.82) is 0 Å². The maximum absolute atomic E-state index is 14.0. The van der Waals surface area contributed by atoms with Crippen molar-refractivity contribution < 1.29 is 19.1 Å². The Labute approximate surface area is 131 Å². The van der Waals surface area contributed by atoms with Crippen LogP contribution >= 0.6 is 15.9 Å². The van der Waals surface area contributed by atoms with E-state index in [4.69, 9.17) is 0 Å². The van der Waals surface area contributed by atoms with Crippen molar-refractivity contribution in [3.8, 4) is 0 Å². The lowest BCUT2D eigenvalue weighted by atomic mass is 9.76. The maximum atomic E-state index is 14.0. The number of likely N-dealkylation sites (tertiary alicyclic amines) is 1. The van der Waals surface area contributed by atoms with Gasteiger partial charge in [-0.2, -0.15) is 0 Å². The van der Waals surface area contributed by atoms with Crippen LogP contribution in [0.3, 0.4) is 0 Å². The zero-order valence-electron chi connectivity index (χ0n) is 11.9. The van der Waals surface area contributed by atoms with Crippen LogP contribution in [-0.4, -0.2) is 34.5 Å². The minimum Gasteiger partial charge on any atom is -0.480 e. The smallest absolute Gasteiger partial charge is 0.326 e. The second-order valence-electron chi connectivity index (χ2n) is 5.96. The lowest BCUT2D eigenvalue weighted by molar-refractivity contribution is -0.148. The Morgan fingerprint density at radius 3 is 2.67 bits per heavy atom. The summed E-state index contributed by atoms with van der Waals surface area (Å²) in [5.41, 5.74) is -0.631. The first-order valence-electron chi connectivity index (χ1n) is 6.73. The number of amides is 1. The molecule has 0 bridgehead atoms. The SMILES string of the molecule is CC1(C)CCCN(C(=O)c2ccc(Br)cc2F)C1C(=O)O. The molecule has 0 radical (unpaired) electrons. The van der Waals surface area contributed by atoms with Crippen LogP contribution < -0.4 is 0 Å². The number of carbonyl (C=O) groups is 2. The van der Waals surface area contributed by atoms with Crippen molar-refractivity contribution in [2.24, 2.45) is 5.41 Å². The number of carboxylic acids is 1. The Hall–Kier alpha value is -1.43. The topological polar surface area (TPSA) is 57.6 Å². The molecule has 1 amide bonds. The van der Waals surface area contributed by atoms with E-state index in [1.807, 2.05) is 13.8 Å². The monoisotopic (exact) mass is 357 g/mol. The van der Waals surface area contributed by atoms with Crippen molar-refractivity contribution in [2.45, 2.75) is 32.7 Å². The van der Waals surface area contributed by atoms with E-state index in [1.165, 1.54) is 17.0 Å². The van der Waals surface area contributed by atoms with E-state index in [1.54, 1.807) is 6.07 Å². The minimum absolute atomic E-state index is 0.0952. The largest absolute Gasteiger partial charge is 0.480 e. The molecule has 21 heavy (non-hydrogen) atoms. The number of nitrogens with zero attached hydrogens (tertiary/aromatic N) is 1. The number of carboxylic acid groups (broad SMARTS) is 1. The standard InChI is InChI=1S/C15H17BrFNO3/c1-15(2)6-3-7-18(12(15)14(20)21)13(19)10-5-4-9(16)8-11(10)17/h4-5,8,12H,3,6-7H2,1-2H3,(H,20,21). The highest BCUT2D eigenvalue weighted by atomic mass is 79.9. The van der Waals surface area contributed by atoms with Gasteiger partial charge in [0.2, 0.25) is 0 Å². The van der Waals surface area contributed by atoms with Crippen LogP contribution in [0.1, 0.15) is 37.0 Å². The zero-order valence-corrected chi connectivity index (χ0v) is 13.5. The molecule has 0 aromatic heterocycles. The zero-order chi connectivity index (χ0) is 15.8. The quantitative estimate of drug-likeness (QED) is 0.883. The van der Waals surface area contributed by atoms with E-state index in [0.717, 1.165) is 6.42 Å². The number of benzene rings is 1. The first-order chi connectivity index (χ1) is 9.74. The molecule has 1 aliphatic heterocycles. The molecule has 1 aliphatic rings. The summed E-state index contributed by atoms with van der Waals surface area (Å²) in [5, 5.41) is 9.46. The molecule has 0 aliphatic carbocycles. The molecule has 0 saturated carbocycles. The summed E-state index contributed by atoms with van der Waals surface area (Å²) in [6.07, 6.45) is 1.43. The van der Waals surface area contributed by atoms with Crippen LogP contribution in [0.4, 0.5) is 4.39 Å². The van der Waals surface area contributed by atoms with Gasteiger partial charge in [-0.25, -0.2) is 9.18 Å². The minimum atomic E-state index is -1.05. The molecule has 6 heteroatoms. The van der Waals surface area contributed by atoms with Crippen molar-refractivity contribution in [1.82, 2.24) is 4.90 Å². The summed E-state index contributed by atoms with van der Waals surface area (Å²) in [7, 11) is 0. The molecule has 1 heterocycles. The number of aliphatic carboxylic acids is 1. The van der Waals surface area contributed by atoms with Crippen molar-refractivity contribution in [3.63, 3.8) is 0 Å². The van der Waals surface area contributed by atoms with Crippen molar-refractivity contribution in [3.05, 3.63) is 34.1 Å². The highest BCUT2D eigenvalue weighted by molar-refractivity contribution is 9.10. The number of halogens is 2. The molecule has 1 N–H and O–H groups in total. The fourth-order valence-electron chi connectivity index (χ4n) is 2.90. The predicted octanol–water partition coefficient (Wildman–Crippen LogP) is 3.30. The Bertz CT molecular complexity index is 588. The number of hydrogen-bond acceptors (Lipinski definition) is 2. The van der Waals surface area contributed by atoms with Crippen LogP contribution in [0.25, 0.3) is 0 Å². The molecule has 1 saturated heterocycles. The normalized spacial score (nSPS) is 21.1. The van der Waals surface area contributed by atoms with Crippen LogP contribution in [0, 0.1) is 11.2 Å². The van der Waals surface area contributed by atoms with E-state index in [2.05, 4.69) is 15.9 Å². The molecule has 2 rings (SSSR count). The van der Waals surface area contributed by atoms with Gasteiger partial charge in [0, 0.05) is 11.0 Å². The summed E-state index contributed by atoms with van der Waals surface area (Å²) in [5.74, 6) is -2.27. The van der Waals surface area contributed by atoms with E-state index in [9.17, 15) is 19.1 Å². The second-order valence-corrected chi connectivity index (χ2v) is 6.87. The Balaban J connectivity index is 2.38.